The van der Waals surface area contributed by atoms with Crippen LogP contribution < -0.4 is 4.90 Å². The van der Waals surface area contributed by atoms with E-state index >= 15 is 0 Å². The number of morpholine rings is 1. The first-order valence-electron chi connectivity index (χ1n) is 10.0. The average molecular weight is 400 g/mol. The smallest absolute Gasteiger partial charge is 0.255 e. The van der Waals surface area contributed by atoms with Crippen LogP contribution in [0.3, 0.4) is 0 Å². The van der Waals surface area contributed by atoms with E-state index in [1.807, 2.05) is 28.4 Å². The number of carbonyl (C=O) groups excluding carboxylic acids is 1. The quantitative estimate of drug-likeness (QED) is 0.777. The Morgan fingerprint density at radius 1 is 1.07 bits per heavy atom. The molecule has 0 radical (unpaired) electrons. The number of carbonyl (C=O) groups is 1. The minimum Gasteiger partial charge on any atom is -0.378 e. The molecule has 3 aliphatic heterocycles. The Balaban J connectivity index is 1.25. The molecule has 5 heterocycles. The van der Waals surface area contributed by atoms with Gasteiger partial charge in [-0.05, 0) is 42.0 Å². The molecule has 0 saturated carbocycles. The fourth-order valence-corrected chi connectivity index (χ4v) is 5.47. The number of amides is 1. The van der Waals surface area contributed by atoms with Crippen molar-refractivity contribution < 1.29 is 14.3 Å². The van der Waals surface area contributed by atoms with E-state index < -0.39 is 0 Å². The van der Waals surface area contributed by atoms with Crippen molar-refractivity contribution in [2.45, 2.75) is 24.9 Å². The molecule has 3 aliphatic rings. The standard InChI is InChI=1S/C21H25N3O3S/c25-20(16-1-2-19(22-15-16)23-9-12-26-13-10-23)24-7-5-21(6-8-24)17-4-14-28-18(17)3-11-27-21/h1-2,4,14-15H,3,5-13H2. The van der Waals surface area contributed by atoms with Crippen LogP contribution in [0.5, 0.6) is 0 Å². The summed E-state index contributed by atoms with van der Waals surface area (Å²) in [7, 11) is 0. The van der Waals surface area contributed by atoms with Crippen molar-refractivity contribution >= 4 is 23.1 Å². The molecule has 7 heteroatoms. The van der Waals surface area contributed by atoms with Gasteiger partial charge in [0, 0.05) is 43.7 Å². The van der Waals surface area contributed by atoms with Crippen LogP contribution in [0.1, 0.15) is 33.6 Å². The van der Waals surface area contributed by atoms with Crippen LogP contribution in [0.25, 0.3) is 0 Å². The van der Waals surface area contributed by atoms with Gasteiger partial charge in [-0.1, -0.05) is 0 Å². The minimum atomic E-state index is -0.192. The van der Waals surface area contributed by atoms with Crippen molar-refractivity contribution in [3.05, 3.63) is 45.8 Å². The molecule has 5 rings (SSSR count). The molecule has 148 valence electrons. The Labute approximate surface area is 169 Å². The number of rotatable bonds is 2. The highest BCUT2D eigenvalue weighted by molar-refractivity contribution is 7.10. The molecule has 6 nitrogen and oxygen atoms in total. The van der Waals surface area contributed by atoms with Crippen molar-refractivity contribution in [3.63, 3.8) is 0 Å². The van der Waals surface area contributed by atoms with Crippen molar-refractivity contribution in [2.75, 3.05) is 50.9 Å². The fourth-order valence-electron chi connectivity index (χ4n) is 4.52. The van der Waals surface area contributed by atoms with E-state index in [4.69, 9.17) is 9.47 Å². The summed E-state index contributed by atoms with van der Waals surface area (Å²) >= 11 is 1.83. The highest BCUT2D eigenvalue weighted by Gasteiger charge is 2.42. The lowest BCUT2D eigenvalue weighted by Crippen LogP contribution is -2.48. The van der Waals surface area contributed by atoms with Gasteiger partial charge in [-0.3, -0.25) is 4.79 Å². The first kappa shape index (κ1) is 18.1. The zero-order valence-corrected chi connectivity index (χ0v) is 16.7. The SMILES string of the molecule is O=C(c1ccc(N2CCOCC2)nc1)N1CCC2(CC1)OCCc1sccc12. The van der Waals surface area contributed by atoms with Crippen LogP contribution in [-0.2, 0) is 21.5 Å². The van der Waals surface area contributed by atoms with Crippen LogP contribution in [0.4, 0.5) is 5.82 Å². The van der Waals surface area contributed by atoms with E-state index in [2.05, 4.69) is 21.3 Å². The molecular weight excluding hydrogens is 374 g/mol. The summed E-state index contributed by atoms with van der Waals surface area (Å²) < 4.78 is 11.6. The fraction of sp³-hybridized carbons (Fsp3) is 0.524. The topological polar surface area (TPSA) is 54.9 Å². The van der Waals surface area contributed by atoms with Gasteiger partial charge in [0.15, 0.2) is 0 Å². The number of anilines is 1. The van der Waals surface area contributed by atoms with Crippen molar-refractivity contribution in [2.24, 2.45) is 0 Å². The Hall–Kier alpha value is -1.96. The van der Waals surface area contributed by atoms with Crippen molar-refractivity contribution in [3.8, 4) is 0 Å². The summed E-state index contributed by atoms with van der Waals surface area (Å²) in [6, 6.07) is 6.06. The second kappa shape index (κ2) is 7.46. The number of likely N-dealkylation sites (tertiary alicyclic amines) is 1. The average Bonchev–Trinajstić information content (AvgIpc) is 3.25. The summed E-state index contributed by atoms with van der Waals surface area (Å²) in [5.74, 6) is 0.982. The monoisotopic (exact) mass is 399 g/mol. The van der Waals surface area contributed by atoms with E-state index in [9.17, 15) is 4.79 Å². The molecule has 2 fully saturated rings. The van der Waals surface area contributed by atoms with Gasteiger partial charge in [0.2, 0.25) is 0 Å². The molecule has 0 N–H and O–H groups in total. The summed E-state index contributed by atoms with van der Waals surface area (Å²) in [6.07, 6.45) is 4.45. The third-order valence-corrected chi connectivity index (χ3v) is 7.11. The Morgan fingerprint density at radius 3 is 2.64 bits per heavy atom. The third kappa shape index (κ3) is 3.21. The molecule has 0 aliphatic carbocycles. The van der Waals surface area contributed by atoms with Gasteiger partial charge in [0.1, 0.15) is 5.82 Å². The number of hydrogen-bond donors (Lipinski definition) is 0. The number of ether oxygens (including phenoxy) is 2. The number of aromatic nitrogens is 1. The molecule has 2 saturated heterocycles. The van der Waals surface area contributed by atoms with Gasteiger partial charge in [0.25, 0.3) is 5.91 Å². The first-order chi connectivity index (χ1) is 13.8. The third-order valence-electron chi connectivity index (χ3n) is 6.13. The van der Waals surface area contributed by atoms with Crippen molar-refractivity contribution in [1.29, 1.82) is 0 Å². The lowest BCUT2D eigenvalue weighted by molar-refractivity contribution is -0.0926. The lowest BCUT2D eigenvalue weighted by Gasteiger charge is -2.44. The predicted molar refractivity (Wildman–Crippen MR) is 108 cm³/mol. The Bertz CT molecular complexity index is 837. The summed E-state index contributed by atoms with van der Waals surface area (Å²) in [6.45, 7) is 5.38. The van der Waals surface area contributed by atoms with E-state index in [0.717, 1.165) is 71.1 Å². The molecule has 2 aromatic heterocycles. The molecular formula is C21H25N3O3S. The molecule has 0 atom stereocenters. The largest absolute Gasteiger partial charge is 0.378 e. The number of pyridine rings is 1. The van der Waals surface area contributed by atoms with Gasteiger partial charge in [0.05, 0.1) is 31.0 Å². The number of nitrogens with zero attached hydrogens (tertiary/aromatic N) is 3. The van der Waals surface area contributed by atoms with Gasteiger partial charge < -0.3 is 19.3 Å². The summed E-state index contributed by atoms with van der Waals surface area (Å²) in [5, 5.41) is 2.17. The molecule has 1 spiro atoms. The van der Waals surface area contributed by atoms with Crippen LogP contribution >= 0.6 is 11.3 Å². The molecule has 0 aromatic carbocycles. The van der Waals surface area contributed by atoms with E-state index in [1.54, 1.807) is 6.20 Å². The highest BCUT2D eigenvalue weighted by Crippen LogP contribution is 2.43. The van der Waals surface area contributed by atoms with Crippen LogP contribution in [0, 0.1) is 0 Å². The maximum absolute atomic E-state index is 13.0. The van der Waals surface area contributed by atoms with Gasteiger partial charge >= 0.3 is 0 Å². The van der Waals surface area contributed by atoms with Crippen LogP contribution in [-0.4, -0.2) is 61.8 Å². The second-order valence-corrected chi connectivity index (χ2v) is 8.65. The first-order valence-corrected chi connectivity index (χ1v) is 10.9. The number of thiophene rings is 1. The van der Waals surface area contributed by atoms with Gasteiger partial charge in [-0.2, -0.15) is 0 Å². The predicted octanol–water partition coefficient (Wildman–Crippen LogP) is 2.68. The molecule has 0 bridgehead atoms. The number of hydrogen-bond acceptors (Lipinski definition) is 6. The molecule has 2 aromatic rings. The number of fused-ring (bicyclic) bond motifs is 2. The van der Waals surface area contributed by atoms with E-state index in [-0.39, 0.29) is 11.5 Å². The number of piperidine rings is 1. The summed E-state index contributed by atoms with van der Waals surface area (Å²) in [5.41, 5.74) is 1.82. The van der Waals surface area contributed by atoms with E-state index in [0.29, 0.717) is 5.56 Å². The normalized spacial score (nSPS) is 21.6. The Kier molecular flexibility index (Phi) is 4.82. The highest BCUT2D eigenvalue weighted by atomic mass is 32.1. The lowest BCUT2D eigenvalue weighted by atomic mass is 9.82. The maximum Gasteiger partial charge on any atom is 0.255 e. The summed E-state index contributed by atoms with van der Waals surface area (Å²) in [4.78, 5) is 23.1. The van der Waals surface area contributed by atoms with Crippen molar-refractivity contribution in [1.82, 2.24) is 9.88 Å². The molecule has 0 unspecified atom stereocenters. The molecule has 28 heavy (non-hydrogen) atoms. The Morgan fingerprint density at radius 2 is 1.89 bits per heavy atom. The maximum atomic E-state index is 13.0. The minimum absolute atomic E-state index is 0.0669. The van der Waals surface area contributed by atoms with E-state index in [1.165, 1.54) is 10.4 Å². The van der Waals surface area contributed by atoms with Gasteiger partial charge in [-0.25, -0.2) is 4.98 Å². The van der Waals surface area contributed by atoms with Gasteiger partial charge in [-0.15, -0.1) is 11.3 Å². The second-order valence-electron chi connectivity index (χ2n) is 7.65. The van der Waals surface area contributed by atoms with Crippen LogP contribution in [0.15, 0.2) is 29.8 Å². The zero-order valence-electron chi connectivity index (χ0n) is 15.9. The zero-order chi connectivity index (χ0) is 19.0. The van der Waals surface area contributed by atoms with Crippen LogP contribution in [0.2, 0.25) is 0 Å². The molecule has 1 amide bonds.